The molecule has 1 aromatic heterocycles. The molecule has 1 aromatic rings. The van der Waals surface area contributed by atoms with Gasteiger partial charge in [-0.3, -0.25) is 15.3 Å². The van der Waals surface area contributed by atoms with E-state index in [2.05, 4.69) is 4.98 Å². The molecule has 2 rings (SSSR count). The van der Waals surface area contributed by atoms with Crippen molar-refractivity contribution >= 4 is 5.82 Å². The first-order valence-corrected chi connectivity index (χ1v) is 5.58. The molecule has 0 spiro atoms. The highest BCUT2D eigenvalue weighted by Gasteiger charge is 2.53. The van der Waals surface area contributed by atoms with Crippen LogP contribution in [0.25, 0.3) is 0 Å². The molecule has 1 aliphatic heterocycles. The first-order chi connectivity index (χ1) is 8.91. The van der Waals surface area contributed by atoms with Gasteiger partial charge in [-0.2, -0.15) is 4.98 Å². The van der Waals surface area contributed by atoms with Gasteiger partial charge in [0.1, 0.15) is 17.8 Å². The fourth-order valence-electron chi connectivity index (χ4n) is 2.04. The van der Waals surface area contributed by atoms with Crippen molar-refractivity contribution in [3.05, 3.63) is 22.7 Å². The van der Waals surface area contributed by atoms with Crippen LogP contribution in [0, 0.1) is 0 Å². The fourth-order valence-corrected chi connectivity index (χ4v) is 2.04. The summed E-state index contributed by atoms with van der Waals surface area (Å²) < 4.78 is 6.24. The molecular weight excluding hydrogens is 258 g/mol. The molecule has 1 aliphatic rings. The van der Waals surface area contributed by atoms with Gasteiger partial charge in [0, 0.05) is 6.20 Å². The second-order valence-corrected chi connectivity index (χ2v) is 4.49. The van der Waals surface area contributed by atoms with Crippen LogP contribution in [0.15, 0.2) is 17.1 Å². The number of hydrogen-bond donors (Lipinski definition) is 5. The van der Waals surface area contributed by atoms with Crippen molar-refractivity contribution in [2.24, 2.45) is 0 Å². The van der Waals surface area contributed by atoms with E-state index in [4.69, 9.17) is 15.1 Å². The van der Waals surface area contributed by atoms with Gasteiger partial charge in [-0.05, 0) is 13.0 Å². The van der Waals surface area contributed by atoms with E-state index in [9.17, 15) is 15.0 Å². The van der Waals surface area contributed by atoms with Crippen molar-refractivity contribution in [3.8, 4) is 0 Å². The summed E-state index contributed by atoms with van der Waals surface area (Å²) in [4.78, 5) is 15.2. The van der Waals surface area contributed by atoms with Gasteiger partial charge >= 0.3 is 5.69 Å². The third kappa shape index (κ3) is 2.22. The van der Waals surface area contributed by atoms with E-state index in [-0.39, 0.29) is 5.82 Å². The summed E-state index contributed by atoms with van der Waals surface area (Å²) in [6.45, 7) is 0.801. The highest BCUT2D eigenvalue weighted by molar-refractivity contribution is 5.28. The maximum Gasteiger partial charge on any atom is 0.351 e. The number of nitrogens with one attached hydrogen (secondary N) is 1. The van der Waals surface area contributed by atoms with Gasteiger partial charge in [0.05, 0.1) is 6.61 Å². The van der Waals surface area contributed by atoms with Crippen molar-refractivity contribution in [1.82, 2.24) is 9.55 Å². The standard InChI is InChI=1S/C10H15N3O6/c1-10(17)7(15)5(4-14)19-8(10)13-3-2-6(12-18)11-9(13)16/h2-3,5,7-8,14-15,17-18H,4H2,1H3,(H,11,12,16)/t5-,7-,8-,10-/m1/s1. The van der Waals surface area contributed by atoms with Gasteiger partial charge in [0.25, 0.3) is 0 Å². The molecular formula is C10H15N3O6. The van der Waals surface area contributed by atoms with Crippen LogP contribution in [-0.4, -0.2) is 54.5 Å². The highest BCUT2D eigenvalue weighted by Crippen LogP contribution is 2.37. The lowest BCUT2D eigenvalue weighted by atomic mass is 9.96. The van der Waals surface area contributed by atoms with Crippen LogP contribution in [0.5, 0.6) is 0 Å². The largest absolute Gasteiger partial charge is 0.394 e. The molecule has 106 valence electrons. The Morgan fingerprint density at radius 3 is 2.79 bits per heavy atom. The summed E-state index contributed by atoms with van der Waals surface area (Å²) in [6, 6.07) is 1.29. The average molecular weight is 273 g/mol. The molecule has 0 radical (unpaired) electrons. The number of aromatic nitrogens is 2. The van der Waals surface area contributed by atoms with Crippen LogP contribution in [0.3, 0.4) is 0 Å². The second kappa shape index (κ2) is 4.87. The van der Waals surface area contributed by atoms with Crippen molar-refractivity contribution in [1.29, 1.82) is 0 Å². The summed E-state index contributed by atoms with van der Waals surface area (Å²) in [6.07, 6.45) is -2.28. The minimum absolute atomic E-state index is 0.0573. The van der Waals surface area contributed by atoms with Gasteiger partial charge < -0.3 is 20.1 Å². The zero-order valence-corrected chi connectivity index (χ0v) is 10.1. The van der Waals surface area contributed by atoms with E-state index < -0.39 is 36.3 Å². The lowest BCUT2D eigenvalue weighted by Gasteiger charge is -2.27. The molecule has 1 saturated heterocycles. The van der Waals surface area contributed by atoms with Crippen LogP contribution < -0.4 is 11.2 Å². The number of rotatable bonds is 3. The van der Waals surface area contributed by atoms with Crippen molar-refractivity contribution < 1.29 is 25.3 Å². The van der Waals surface area contributed by atoms with Gasteiger partial charge in [0.2, 0.25) is 0 Å². The molecule has 5 N–H and O–H groups in total. The molecule has 9 heteroatoms. The molecule has 9 nitrogen and oxygen atoms in total. The predicted molar refractivity (Wildman–Crippen MR) is 61.5 cm³/mol. The Morgan fingerprint density at radius 1 is 1.63 bits per heavy atom. The lowest BCUT2D eigenvalue weighted by Crippen LogP contribution is -2.46. The van der Waals surface area contributed by atoms with Crippen LogP contribution in [-0.2, 0) is 4.74 Å². The molecule has 0 unspecified atom stereocenters. The molecule has 0 amide bonds. The maximum atomic E-state index is 11.7. The number of aliphatic hydroxyl groups is 3. The van der Waals surface area contributed by atoms with Gasteiger partial charge in [-0.25, -0.2) is 4.79 Å². The highest BCUT2D eigenvalue weighted by atomic mass is 16.6. The Hall–Kier alpha value is -1.52. The van der Waals surface area contributed by atoms with E-state index in [0.717, 1.165) is 4.57 Å². The van der Waals surface area contributed by atoms with Crippen LogP contribution in [0.1, 0.15) is 13.2 Å². The molecule has 4 atom stereocenters. The number of nitrogens with zero attached hydrogens (tertiary/aromatic N) is 2. The van der Waals surface area contributed by atoms with E-state index in [1.165, 1.54) is 19.2 Å². The summed E-state index contributed by atoms with van der Waals surface area (Å²) >= 11 is 0. The molecule has 19 heavy (non-hydrogen) atoms. The van der Waals surface area contributed by atoms with Crippen molar-refractivity contribution in [3.63, 3.8) is 0 Å². The summed E-state index contributed by atoms with van der Waals surface area (Å²) in [5, 5.41) is 37.7. The fraction of sp³-hybridized carbons (Fsp3) is 0.600. The first-order valence-electron chi connectivity index (χ1n) is 5.58. The number of anilines is 1. The Kier molecular flexibility index (Phi) is 3.56. The lowest BCUT2D eigenvalue weighted by molar-refractivity contribution is -0.0987. The Balaban J connectivity index is 2.39. The summed E-state index contributed by atoms with van der Waals surface area (Å²) in [5.41, 5.74) is -0.821. The quantitative estimate of drug-likeness (QED) is 0.401. The monoisotopic (exact) mass is 273 g/mol. The molecule has 2 heterocycles. The van der Waals surface area contributed by atoms with Crippen molar-refractivity contribution in [2.45, 2.75) is 31.0 Å². The smallest absolute Gasteiger partial charge is 0.351 e. The predicted octanol–water partition coefficient (Wildman–Crippen LogP) is -1.95. The minimum atomic E-state index is -1.76. The number of ether oxygens (including phenoxy) is 1. The van der Waals surface area contributed by atoms with Gasteiger partial charge in [0.15, 0.2) is 12.0 Å². The van der Waals surface area contributed by atoms with Gasteiger partial charge in [-0.1, -0.05) is 0 Å². The SMILES string of the molecule is C[C@@]1(O)[C@H](O)[C@@H](CO)O[C@H]1n1ccc(NO)nc1=O. The van der Waals surface area contributed by atoms with Crippen LogP contribution >= 0.6 is 0 Å². The molecule has 0 saturated carbocycles. The topological polar surface area (TPSA) is 137 Å². The molecule has 1 fully saturated rings. The van der Waals surface area contributed by atoms with E-state index >= 15 is 0 Å². The maximum absolute atomic E-state index is 11.7. The van der Waals surface area contributed by atoms with Crippen LogP contribution in [0.4, 0.5) is 5.82 Å². The Labute approximate surface area is 107 Å². The molecule has 0 aromatic carbocycles. The molecule has 0 bridgehead atoms. The van der Waals surface area contributed by atoms with E-state index in [0.29, 0.717) is 0 Å². The average Bonchev–Trinajstić information content (AvgIpc) is 2.61. The molecule has 0 aliphatic carbocycles. The Morgan fingerprint density at radius 2 is 2.32 bits per heavy atom. The Bertz CT molecular complexity index is 516. The van der Waals surface area contributed by atoms with E-state index in [1.807, 2.05) is 0 Å². The minimum Gasteiger partial charge on any atom is -0.394 e. The number of hydrogen-bond acceptors (Lipinski definition) is 8. The summed E-state index contributed by atoms with van der Waals surface area (Å²) in [5.74, 6) is -0.0573. The van der Waals surface area contributed by atoms with Gasteiger partial charge in [-0.15, -0.1) is 0 Å². The first kappa shape index (κ1) is 13.9. The second-order valence-electron chi connectivity index (χ2n) is 4.49. The van der Waals surface area contributed by atoms with E-state index in [1.54, 1.807) is 5.48 Å². The number of aliphatic hydroxyl groups excluding tert-OH is 2. The third-order valence-corrected chi connectivity index (χ3v) is 3.13. The zero-order valence-electron chi connectivity index (χ0n) is 10.1. The van der Waals surface area contributed by atoms with Crippen molar-refractivity contribution in [2.75, 3.05) is 12.1 Å². The van der Waals surface area contributed by atoms with Crippen LogP contribution in [0.2, 0.25) is 0 Å². The third-order valence-electron chi connectivity index (χ3n) is 3.13. The summed E-state index contributed by atoms with van der Waals surface area (Å²) in [7, 11) is 0. The normalized spacial score (nSPS) is 34.5. The zero-order chi connectivity index (χ0) is 14.2.